The van der Waals surface area contributed by atoms with Crippen LogP contribution in [0.3, 0.4) is 0 Å². The summed E-state index contributed by atoms with van der Waals surface area (Å²) in [6, 6.07) is -0.833. The van der Waals surface area contributed by atoms with Crippen LogP contribution in [0.4, 0.5) is 4.79 Å². The minimum atomic E-state index is -0.833. The Hall–Kier alpha value is 0.0795. The van der Waals surface area contributed by atoms with E-state index in [1.165, 1.54) is 0 Å². The molecule has 2 amide bonds. The SMILES string of the molecule is Cl.NC(N)=O.[Fe]. The number of rotatable bonds is 0. The molecule has 0 atom stereocenters. The Morgan fingerprint density at radius 3 is 1.33 bits per heavy atom. The number of halogens is 1. The summed E-state index contributed by atoms with van der Waals surface area (Å²) >= 11 is 0. The molecule has 0 radical (unpaired) electrons. The third kappa shape index (κ3) is 6120. The zero-order valence-corrected chi connectivity index (χ0v) is 4.75. The van der Waals surface area contributed by atoms with Crippen LogP contribution in [-0.2, 0) is 17.1 Å². The van der Waals surface area contributed by atoms with Crippen molar-refractivity contribution in [1.82, 2.24) is 0 Å². The quantitative estimate of drug-likeness (QED) is 0.449. The zero-order valence-electron chi connectivity index (χ0n) is 2.82. The predicted octanol–water partition coefficient (Wildman–Crippen LogP) is -0.557. The molecule has 0 heterocycles. The van der Waals surface area contributed by atoms with E-state index in [1.54, 1.807) is 0 Å². The summed E-state index contributed by atoms with van der Waals surface area (Å²) in [5.74, 6) is 0. The van der Waals surface area contributed by atoms with Crippen LogP contribution < -0.4 is 11.5 Å². The van der Waals surface area contributed by atoms with Crippen LogP contribution in [0, 0.1) is 0 Å². The van der Waals surface area contributed by atoms with Gasteiger partial charge in [0.25, 0.3) is 0 Å². The molecule has 0 rings (SSSR count). The van der Waals surface area contributed by atoms with E-state index in [4.69, 9.17) is 4.79 Å². The van der Waals surface area contributed by atoms with E-state index in [9.17, 15) is 0 Å². The molecule has 6 heavy (non-hydrogen) atoms. The minimum Gasteiger partial charge on any atom is -0.352 e. The first kappa shape index (κ1) is 16.5. The number of hydrogen-bond donors (Lipinski definition) is 2. The van der Waals surface area contributed by atoms with E-state index < -0.39 is 6.03 Å². The summed E-state index contributed by atoms with van der Waals surface area (Å²) in [5, 5.41) is 0. The number of amides is 2. The van der Waals surface area contributed by atoms with Crippen LogP contribution in [0.2, 0.25) is 0 Å². The van der Waals surface area contributed by atoms with Crippen LogP contribution in [0.1, 0.15) is 0 Å². The smallest absolute Gasteiger partial charge is 0.309 e. The van der Waals surface area contributed by atoms with E-state index >= 15 is 0 Å². The monoisotopic (exact) mass is 152 g/mol. The molecule has 0 aliphatic carbocycles. The summed E-state index contributed by atoms with van der Waals surface area (Å²) in [5.41, 5.74) is 8.50. The fourth-order valence-electron chi connectivity index (χ4n) is 0. The van der Waals surface area contributed by atoms with Crippen molar-refractivity contribution >= 4 is 18.4 Å². The zero-order chi connectivity index (χ0) is 3.58. The van der Waals surface area contributed by atoms with Crippen LogP contribution in [0.15, 0.2) is 0 Å². The van der Waals surface area contributed by atoms with Crippen LogP contribution in [0.25, 0.3) is 0 Å². The summed E-state index contributed by atoms with van der Waals surface area (Å²) < 4.78 is 0. The minimum absolute atomic E-state index is 0. The molecule has 3 nitrogen and oxygen atoms in total. The van der Waals surface area contributed by atoms with Crippen LogP contribution >= 0.6 is 12.4 Å². The second-order valence-electron chi connectivity index (χ2n) is 0.402. The molecular weight excluding hydrogens is 147 g/mol. The second kappa shape index (κ2) is 8.91. The van der Waals surface area contributed by atoms with Gasteiger partial charge in [-0.1, -0.05) is 0 Å². The normalized spacial score (nSPS) is 4.00. The van der Waals surface area contributed by atoms with E-state index in [-0.39, 0.29) is 29.5 Å². The Morgan fingerprint density at radius 1 is 1.33 bits per heavy atom. The largest absolute Gasteiger partial charge is 0.352 e. The van der Waals surface area contributed by atoms with Crippen molar-refractivity contribution in [2.45, 2.75) is 0 Å². The first-order valence-electron chi connectivity index (χ1n) is 0.781. The van der Waals surface area contributed by atoms with Crippen molar-refractivity contribution in [2.75, 3.05) is 0 Å². The average molecular weight is 152 g/mol. The van der Waals surface area contributed by atoms with Crippen LogP contribution in [-0.4, -0.2) is 6.03 Å². The molecule has 0 spiro atoms. The molecule has 0 unspecified atom stereocenters. The summed E-state index contributed by atoms with van der Waals surface area (Å²) in [4.78, 5) is 9.00. The molecule has 0 aliphatic heterocycles. The van der Waals surface area contributed by atoms with Gasteiger partial charge in [0.1, 0.15) is 0 Å². The molecule has 4 N–H and O–H groups in total. The van der Waals surface area contributed by atoms with Crippen molar-refractivity contribution in [3.05, 3.63) is 0 Å². The van der Waals surface area contributed by atoms with Gasteiger partial charge in [0.2, 0.25) is 0 Å². The molecule has 0 saturated carbocycles. The van der Waals surface area contributed by atoms with E-state index in [0.717, 1.165) is 0 Å². The van der Waals surface area contributed by atoms with Crippen molar-refractivity contribution < 1.29 is 21.9 Å². The number of primary amides is 2. The Bertz CT molecular complexity index is 36.5. The van der Waals surface area contributed by atoms with Crippen molar-refractivity contribution in [1.29, 1.82) is 0 Å². The fourth-order valence-corrected chi connectivity index (χ4v) is 0. The maximum atomic E-state index is 9.00. The molecule has 0 aromatic carbocycles. The van der Waals surface area contributed by atoms with Gasteiger partial charge in [0.05, 0.1) is 0 Å². The Kier molecular flexibility index (Phi) is 24.6. The third-order valence-electron chi connectivity index (χ3n) is 0. The first-order chi connectivity index (χ1) is 1.73. The van der Waals surface area contributed by atoms with Gasteiger partial charge in [-0.15, -0.1) is 12.4 Å². The van der Waals surface area contributed by atoms with Crippen molar-refractivity contribution in [2.24, 2.45) is 11.5 Å². The average Bonchev–Trinajstić information content (AvgIpc) is 0.811. The van der Waals surface area contributed by atoms with Gasteiger partial charge in [-0.25, -0.2) is 4.79 Å². The van der Waals surface area contributed by atoms with Gasteiger partial charge in [-0.3, -0.25) is 0 Å². The predicted molar refractivity (Wildman–Crippen MR) is 21.0 cm³/mol. The molecule has 0 aromatic rings. The maximum Gasteiger partial charge on any atom is 0.309 e. The summed E-state index contributed by atoms with van der Waals surface area (Å²) in [6.45, 7) is 0. The Balaban J connectivity index is -0.0000000450. The van der Waals surface area contributed by atoms with Gasteiger partial charge in [-0.05, 0) is 0 Å². The molecule has 0 bridgehead atoms. The number of hydrogen-bond acceptors (Lipinski definition) is 1. The van der Waals surface area contributed by atoms with Crippen molar-refractivity contribution in [3.63, 3.8) is 0 Å². The first-order valence-corrected chi connectivity index (χ1v) is 0.781. The van der Waals surface area contributed by atoms with E-state index in [0.29, 0.717) is 0 Å². The Labute approximate surface area is 52.3 Å². The third-order valence-corrected chi connectivity index (χ3v) is 0. The second-order valence-corrected chi connectivity index (χ2v) is 0.402. The number of carbonyl (C=O) groups is 1. The molecule has 0 saturated heterocycles. The molecule has 0 aromatic heterocycles. The topological polar surface area (TPSA) is 69.1 Å². The molecule has 5 heteroatoms. The fraction of sp³-hybridized carbons (Fsp3) is 0. The molecular formula is CH5ClFeN2O. The van der Waals surface area contributed by atoms with Gasteiger partial charge >= 0.3 is 6.03 Å². The molecule has 40 valence electrons. The molecule has 0 fully saturated rings. The summed E-state index contributed by atoms with van der Waals surface area (Å²) in [7, 11) is 0. The number of carbonyl (C=O) groups excluding carboxylic acids is 1. The Morgan fingerprint density at radius 2 is 1.33 bits per heavy atom. The summed E-state index contributed by atoms with van der Waals surface area (Å²) in [6.07, 6.45) is 0. The van der Waals surface area contributed by atoms with Gasteiger partial charge < -0.3 is 11.5 Å². The van der Waals surface area contributed by atoms with Crippen LogP contribution in [0.5, 0.6) is 0 Å². The van der Waals surface area contributed by atoms with E-state index in [2.05, 4.69) is 11.5 Å². The van der Waals surface area contributed by atoms with Gasteiger partial charge in [-0.2, -0.15) is 0 Å². The van der Waals surface area contributed by atoms with E-state index in [1.807, 2.05) is 0 Å². The molecule has 0 aliphatic rings. The van der Waals surface area contributed by atoms with Crippen molar-refractivity contribution in [3.8, 4) is 0 Å². The van der Waals surface area contributed by atoms with Gasteiger partial charge in [0, 0.05) is 17.1 Å². The number of urea groups is 1. The van der Waals surface area contributed by atoms with Gasteiger partial charge in [0.15, 0.2) is 0 Å². The standard InChI is InChI=1S/CH4N2O.ClH.Fe/c2-1(3)4;;/h(H4,2,3,4);1H;. The maximum absolute atomic E-state index is 9.00. The number of nitrogens with two attached hydrogens (primary N) is 2.